The Morgan fingerprint density at radius 2 is 1.58 bits per heavy atom. The lowest BCUT2D eigenvalue weighted by Gasteiger charge is -2.33. The Labute approximate surface area is 154 Å². The molecule has 0 fully saturated rings. The number of nitrogens with zero attached hydrogens (tertiary/aromatic N) is 1. The van der Waals surface area contributed by atoms with E-state index in [-0.39, 0.29) is 12.2 Å². The van der Waals surface area contributed by atoms with Gasteiger partial charge in [-0.1, -0.05) is 60.7 Å². The SMILES string of the molecule is CCOC(=O)C1=C(c2ccccc2)OC(N(C)C)C(c2ccccc2)=C1. The highest BCUT2D eigenvalue weighted by Gasteiger charge is 2.31. The summed E-state index contributed by atoms with van der Waals surface area (Å²) in [5.41, 5.74) is 3.24. The third-order valence-electron chi connectivity index (χ3n) is 4.15. The molecule has 1 heterocycles. The summed E-state index contributed by atoms with van der Waals surface area (Å²) in [6.07, 6.45) is 1.59. The van der Waals surface area contributed by atoms with Gasteiger partial charge in [0.15, 0.2) is 6.23 Å². The van der Waals surface area contributed by atoms with E-state index in [4.69, 9.17) is 9.47 Å². The fraction of sp³-hybridized carbons (Fsp3) is 0.227. The second-order valence-electron chi connectivity index (χ2n) is 6.23. The summed E-state index contributed by atoms with van der Waals surface area (Å²) in [6, 6.07) is 19.6. The number of carbonyl (C=O) groups is 1. The molecule has 0 N–H and O–H groups in total. The Balaban J connectivity index is 2.17. The van der Waals surface area contributed by atoms with E-state index in [0.29, 0.717) is 17.9 Å². The van der Waals surface area contributed by atoms with Gasteiger partial charge in [0, 0.05) is 11.1 Å². The average Bonchev–Trinajstić information content (AvgIpc) is 2.68. The topological polar surface area (TPSA) is 38.8 Å². The Hall–Kier alpha value is -2.85. The van der Waals surface area contributed by atoms with Gasteiger partial charge in [0.2, 0.25) is 0 Å². The van der Waals surface area contributed by atoms with Crippen LogP contribution in [0.25, 0.3) is 11.3 Å². The highest BCUT2D eigenvalue weighted by atomic mass is 16.5. The van der Waals surface area contributed by atoms with Crippen LogP contribution in [0.5, 0.6) is 0 Å². The van der Waals surface area contributed by atoms with Gasteiger partial charge in [0.1, 0.15) is 11.3 Å². The molecule has 0 spiro atoms. The van der Waals surface area contributed by atoms with Gasteiger partial charge in [0.05, 0.1) is 6.61 Å². The largest absolute Gasteiger partial charge is 0.469 e. The molecule has 0 amide bonds. The van der Waals surface area contributed by atoms with Crippen molar-refractivity contribution in [2.45, 2.75) is 13.2 Å². The van der Waals surface area contributed by atoms with E-state index in [1.165, 1.54) is 0 Å². The van der Waals surface area contributed by atoms with Crippen molar-refractivity contribution in [1.29, 1.82) is 0 Å². The molecule has 0 saturated heterocycles. The molecule has 1 aliphatic heterocycles. The zero-order valence-corrected chi connectivity index (χ0v) is 15.3. The molecule has 0 bridgehead atoms. The van der Waals surface area contributed by atoms with Crippen LogP contribution >= 0.6 is 0 Å². The molecule has 4 nitrogen and oxygen atoms in total. The number of esters is 1. The molecule has 0 aliphatic carbocycles. The van der Waals surface area contributed by atoms with Gasteiger partial charge in [-0.2, -0.15) is 0 Å². The third-order valence-corrected chi connectivity index (χ3v) is 4.15. The summed E-state index contributed by atoms with van der Waals surface area (Å²) in [5, 5.41) is 0. The quantitative estimate of drug-likeness (QED) is 0.766. The van der Waals surface area contributed by atoms with Crippen molar-refractivity contribution in [2.24, 2.45) is 0 Å². The van der Waals surface area contributed by atoms with Crippen LogP contribution in [-0.4, -0.2) is 37.8 Å². The first-order valence-electron chi connectivity index (χ1n) is 8.68. The van der Waals surface area contributed by atoms with Crippen molar-refractivity contribution in [3.8, 4) is 0 Å². The summed E-state index contributed by atoms with van der Waals surface area (Å²) in [6.45, 7) is 2.12. The monoisotopic (exact) mass is 349 g/mol. The standard InChI is InChI=1S/C22H23NO3/c1-4-25-22(24)19-15-18(16-11-7-5-8-12-16)21(23(2)3)26-20(19)17-13-9-6-10-14-17/h5-15,21H,4H2,1-3H3. The van der Waals surface area contributed by atoms with Gasteiger partial charge >= 0.3 is 5.97 Å². The lowest BCUT2D eigenvalue weighted by Crippen LogP contribution is -2.34. The zero-order valence-electron chi connectivity index (χ0n) is 15.3. The van der Waals surface area contributed by atoms with Crippen molar-refractivity contribution in [3.63, 3.8) is 0 Å². The summed E-state index contributed by atoms with van der Waals surface area (Å²) in [7, 11) is 3.92. The van der Waals surface area contributed by atoms with Crippen LogP contribution in [0.2, 0.25) is 0 Å². The van der Waals surface area contributed by atoms with Crippen LogP contribution in [0.15, 0.2) is 72.3 Å². The maximum absolute atomic E-state index is 12.6. The molecule has 2 aromatic rings. The fourth-order valence-electron chi connectivity index (χ4n) is 2.94. The molecule has 0 radical (unpaired) electrons. The number of ether oxygens (including phenoxy) is 2. The van der Waals surface area contributed by atoms with E-state index in [1.807, 2.05) is 85.7 Å². The Morgan fingerprint density at radius 3 is 2.12 bits per heavy atom. The number of likely N-dealkylation sites (N-methyl/N-ethyl adjacent to an activating group) is 1. The number of hydrogen-bond acceptors (Lipinski definition) is 4. The van der Waals surface area contributed by atoms with Crippen LogP contribution < -0.4 is 0 Å². The first-order chi connectivity index (χ1) is 12.6. The molecule has 4 heteroatoms. The van der Waals surface area contributed by atoms with Crippen molar-refractivity contribution >= 4 is 17.3 Å². The fourth-order valence-corrected chi connectivity index (χ4v) is 2.94. The Morgan fingerprint density at radius 1 is 1.00 bits per heavy atom. The Kier molecular flexibility index (Phi) is 5.54. The molecule has 1 atom stereocenters. The summed E-state index contributed by atoms with van der Waals surface area (Å²) in [4.78, 5) is 14.6. The van der Waals surface area contributed by atoms with Gasteiger partial charge in [-0.05, 0) is 32.7 Å². The molecule has 134 valence electrons. The van der Waals surface area contributed by atoms with E-state index < -0.39 is 0 Å². The van der Waals surface area contributed by atoms with Crippen molar-refractivity contribution < 1.29 is 14.3 Å². The number of rotatable bonds is 5. The minimum Gasteiger partial charge on any atom is -0.469 e. The highest BCUT2D eigenvalue weighted by molar-refractivity contribution is 6.02. The van der Waals surface area contributed by atoms with E-state index >= 15 is 0 Å². The van der Waals surface area contributed by atoms with Gasteiger partial charge in [0.25, 0.3) is 0 Å². The number of hydrogen-bond donors (Lipinski definition) is 0. The first-order valence-corrected chi connectivity index (χ1v) is 8.68. The molecule has 26 heavy (non-hydrogen) atoms. The predicted molar refractivity (Wildman–Crippen MR) is 103 cm³/mol. The van der Waals surface area contributed by atoms with Gasteiger partial charge in [-0.15, -0.1) is 0 Å². The zero-order chi connectivity index (χ0) is 18.5. The average molecular weight is 349 g/mol. The maximum atomic E-state index is 12.6. The van der Waals surface area contributed by atoms with Gasteiger partial charge in [-0.3, -0.25) is 4.90 Å². The minimum absolute atomic E-state index is 0.300. The second kappa shape index (κ2) is 8.02. The molecular formula is C22H23NO3. The van der Waals surface area contributed by atoms with Crippen molar-refractivity contribution in [3.05, 3.63) is 83.4 Å². The predicted octanol–water partition coefficient (Wildman–Crippen LogP) is 3.96. The van der Waals surface area contributed by atoms with E-state index in [9.17, 15) is 4.79 Å². The van der Waals surface area contributed by atoms with Crippen molar-refractivity contribution in [1.82, 2.24) is 4.90 Å². The van der Waals surface area contributed by atoms with Crippen LogP contribution in [0.4, 0.5) is 0 Å². The van der Waals surface area contributed by atoms with E-state index in [1.54, 1.807) is 6.92 Å². The van der Waals surface area contributed by atoms with E-state index in [2.05, 4.69) is 0 Å². The summed E-state index contributed by atoms with van der Waals surface area (Å²) in [5.74, 6) is 0.166. The molecular weight excluding hydrogens is 326 g/mol. The Bertz CT molecular complexity index is 823. The number of benzene rings is 2. The van der Waals surface area contributed by atoms with E-state index in [0.717, 1.165) is 16.7 Å². The summed E-state index contributed by atoms with van der Waals surface area (Å²) < 4.78 is 11.6. The van der Waals surface area contributed by atoms with Crippen LogP contribution in [0.1, 0.15) is 18.1 Å². The van der Waals surface area contributed by atoms with Gasteiger partial charge < -0.3 is 9.47 Å². The second-order valence-corrected chi connectivity index (χ2v) is 6.23. The molecule has 2 aromatic carbocycles. The normalized spacial score (nSPS) is 16.9. The molecule has 3 rings (SSSR count). The molecule has 1 aliphatic rings. The lowest BCUT2D eigenvalue weighted by molar-refractivity contribution is -0.138. The van der Waals surface area contributed by atoms with Crippen LogP contribution in [0, 0.1) is 0 Å². The lowest BCUT2D eigenvalue weighted by atomic mass is 9.96. The minimum atomic E-state index is -0.378. The highest BCUT2D eigenvalue weighted by Crippen LogP contribution is 2.36. The number of carbonyl (C=O) groups excluding carboxylic acids is 1. The summed E-state index contributed by atoms with van der Waals surface area (Å²) >= 11 is 0. The molecule has 0 aromatic heterocycles. The van der Waals surface area contributed by atoms with Crippen molar-refractivity contribution in [2.75, 3.05) is 20.7 Å². The molecule has 1 unspecified atom stereocenters. The third kappa shape index (κ3) is 3.70. The molecule has 0 saturated carbocycles. The van der Waals surface area contributed by atoms with Gasteiger partial charge in [-0.25, -0.2) is 4.79 Å². The smallest absolute Gasteiger partial charge is 0.341 e. The maximum Gasteiger partial charge on any atom is 0.341 e. The first kappa shape index (κ1) is 18.0. The van der Waals surface area contributed by atoms with Crippen LogP contribution in [-0.2, 0) is 14.3 Å². The van der Waals surface area contributed by atoms with Crippen LogP contribution in [0.3, 0.4) is 0 Å².